The lowest BCUT2D eigenvalue weighted by Crippen LogP contribution is -2.41. The van der Waals surface area contributed by atoms with Crippen LogP contribution in [0.5, 0.6) is 0 Å². The molecular formula is C21H24BFO2. The topological polar surface area (TPSA) is 18.5 Å². The van der Waals surface area contributed by atoms with Crippen molar-refractivity contribution >= 4 is 13.2 Å². The lowest BCUT2D eigenvalue weighted by molar-refractivity contribution is 0.00578. The molecule has 1 aliphatic rings. The van der Waals surface area contributed by atoms with Crippen LogP contribution < -0.4 is 0 Å². The second kappa shape index (κ2) is 6.43. The maximum Gasteiger partial charge on any atom is 0.525 e. The standard InChI is InChI=1S/C21H24BFO2/c1-15-7-6-8-18(13-15)17-11-9-16(10-12-17)14-19(23)22-24-20(2,3)21(4,5)25-22/h6-14H,1-5H3. The Morgan fingerprint density at radius 3 is 2.08 bits per heavy atom. The van der Waals surface area contributed by atoms with E-state index in [1.54, 1.807) is 0 Å². The Kier molecular flexibility index (Phi) is 4.61. The first-order valence-corrected chi connectivity index (χ1v) is 8.58. The molecule has 0 amide bonds. The minimum atomic E-state index is -0.957. The summed E-state index contributed by atoms with van der Waals surface area (Å²) in [5, 5.41) is 0. The van der Waals surface area contributed by atoms with Crippen LogP contribution in [0.2, 0.25) is 0 Å². The molecule has 1 saturated heterocycles. The molecule has 4 heteroatoms. The highest BCUT2D eigenvalue weighted by molar-refractivity contribution is 6.54. The number of hydrogen-bond acceptors (Lipinski definition) is 2. The van der Waals surface area contributed by atoms with E-state index in [4.69, 9.17) is 9.31 Å². The maximum atomic E-state index is 14.6. The molecular weight excluding hydrogens is 314 g/mol. The van der Waals surface area contributed by atoms with Gasteiger partial charge in [0, 0.05) is 0 Å². The summed E-state index contributed by atoms with van der Waals surface area (Å²) in [5.74, 6) is 0. The van der Waals surface area contributed by atoms with Crippen LogP contribution in [0.25, 0.3) is 17.2 Å². The molecule has 1 heterocycles. The van der Waals surface area contributed by atoms with Gasteiger partial charge in [-0.15, -0.1) is 0 Å². The smallest absolute Gasteiger partial charge is 0.398 e. The molecule has 0 aromatic heterocycles. The Hall–Kier alpha value is -1.91. The van der Waals surface area contributed by atoms with Gasteiger partial charge in [0.25, 0.3) is 0 Å². The van der Waals surface area contributed by atoms with Crippen molar-refractivity contribution in [2.24, 2.45) is 0 Å². The Balaban J connectivity index is 1.78. The monoisotopic (exact) mass is 338 g/mol. The Morgan fingerprint density at radius 1 is 0.920 bits per heavy atom. The first-order chi connectivity index (χ1) is 11.7. The lowest BCUT2D eigenvalue weighted by atomic mass is 9.86. The van der Waals surface area contributed by atoms with E-state index in [2.05, 4.69) is 25.1 Å². The van der Waals surface area contributed by atoms with Crippen molar-refractivity contribution < 1.29 is 13.7 Å². The molecule has 0 saturated carbocycles. The average molecular weight is 338 g/mol. The molecule has 0 bridgehead atoms. The van der Waals surface area contributed by atoms with Crippen LogP contribution >= 0.6 is 0 Å². The molecule has 1 aliphatic heterocycles. The van der Waals surface area contributed by atoms with E-state index in [1.165, 1.54) is 11.6 Å². The molecule has 3 rings (SSSR count). The number of halogens is 1. The van der Waals surface area contributed by atoms with E-state index in [1.807, 2.05) is 58.0 Å². The molecule has 2 aromatic rings. The van der Waals surface area contributed by atoms with Crippen molar-refractivity contribution in [2.75, 3.05) is 0 Å². The van der Waals surface area contributed by atoms with Crippen molar-refractivity contribution in [1.29, 1.82) is 0 Å². The van der Waals surface area contributed by atoms with Gasteiger partial charge in [0.15, 0.2) is 0 Å². The number of rotatable bonds is 3. The largest absolute Gasteiger partial charge is 0.525 e. The molecule has 0 unspecified atom stereocenters. The minimum absolute atomic E-state index is 0.415. The van der Waals surface area contributed by atoms with E-state index in [0.717, 1.165) is 16.7 Å². The second-order valence-corrected chi connectivity index (χ2v) is 7.61. The van der Waals surface area contributed by atoms with Gasteiger partial charge < -0.3 is 9.31 Å². The first kappa shape index (κ1) is 17.9. The van der Waals surface area contributed by atoms with Crippen LogP contribution in [-0.2, 0) is 9.31 Å². The second-order valence-electron chi connectivity index (χ2n) is 7.61. The summed E-state index contributed by atoms with van der Waals surface area (Å²) in [4.78, 5) is 0. The molecule has 1 fully saturated rings. The zero-order chi connectivity index (χ0) is 18.2. The zero-order valence-corrected chi connectivity index (χ0v) is 15.5. The fraction of sp³-hybridized carbons (Fsp3) is 0.333. The van der Waals surface area contributed by atoms with Gasteiger partial charge in [-0.1, -0.05) is 54.1 Å². The molecule has 0 atom stereocenters. The van der Waals surface area contributed by atoms with Crippen LogP contribution in [0.3, 0.4) is 0 Å². The highest BCUT2D eigenvalue weighted by Gasteiger charge is 2.53. The summed E-state index contributed by atoms with van der Waals surface area (Å²) in [6.45, 7) is 9.72. The van der Waals surface area contributed by atoms with Gasteiger partial charge >= 0.3 is 7.12 Å². The van der Waals surface area contributed by atoms with Crippen LogP contribution in [-0.4, -0.2) is 18.3 Å². The Morgan fingerprint density at radius 2 is 1.52 bits per heavy atom. The van der Waals surface area contributed by atoms with Gasteiger partial charge in [0.1, 0.15) is 5.73 Å². The Labute approximate surface area is 149 Å². The molecule has 0 N–H and O–H groups in total. The molecule has 2 aromatic carbocycles. The lowest BCUT2D eigenvalue weighted by Gasteiger charge is -2.32. The SMILES string of the molecule is Cc1cccc(-c2ccc(C=C(F)B3OC(C)(C)C(C)(C)O3)cc2)c1. The fourth-order valence-corrected chi connectivity index (χ4v) is 2.78. The van der Waals surface area contributed by atoms with Gasteiger partial charge in [-0.3, -0.25) is 0 Å². The molecule has 2 nitrogen and oxygen atoms in total. The van der Waals surface area contributed by atoms with E-state index in [0.29, 0.717) is 0 Å². The van der Waals surface area contributed by atoms with E-state index in [9.17, 15) is 4.39 Å². The molecule has 0 spiro atoms. The van der Waals surface area contributed by atoms with Gasteiger partial charge in [-0.05, 0) is 57.4 Å². The summed E-state index contributed by atoms with van der Waals surface area (Å²) in [7, 11) is -0.957. The van der Waals surface area contributed by atoms with E-state index < -0.39 is 24.0 Å². The third-order valence-corrected chi connectivity index (χ3v) is 5.05. The van der Waals surface area contributed by atoms with Crippen molar-refractivity contribution in [2.45, 2.75) is 45.8 Å². The Bertz CT molecular complexity index is 778. The zero-order valence-electron chi connectivity index (χ0n) is 15.5. The van der Waals surface area contributed by atoms with E-state index >= 15 is 0 Å². The van der Waals surface area contributed by atoms with Gasteiger partial charge in [-0.2, -0.15) is 0 Å². The predicted octanol–water partition coefficient (Wildman–Crippen LogP) is 5.60. The summed E-state index contributed by atoms with van der Waals surface area (Å²) in [6.07, 6.45) is 1.47. The number of benzene rings is 2. The van der Waals surface area contributed by atoms with Gasteiger partial charge in [0.05, 0.1) is 11.2 Å². The number of hydrogen-bond donors (Lipinski definition) is 0. The summed E-state index contributed by atoms with van der Waals surface area (Å²) in [6, 6.07) is 16.1. The minimum Gasteiger partial charge on any atom is -0.398 e. The molecule has 25 heavy (non-hydrogen) atoms. The van der Waals surface area contributed by atoms with Crippen LogP contribution in [0.1, 0.15) is 38.8 Å². The van der Waals surface area contributed by atoms with Crippen molar-refractivity contribution in [3.8, 4) is 11.1 Å². The van der Waals surface area contributed by atoms with Crippen molar-refractivity contribution in [3.63, 3.8) is 0 Å². The quantitative estimate of drug-likeness (QED) is 0.678. The van der Waals surface area contributed by atoms with Crippen LogP contribution in [0.15, 0.2) is 54.3 Å². The third kappa shape index (κ3) is 3.70. The van der Waals surface area contributed by atoms with Crippen molar-refractivity contribution in [1.82, 2.24) is 0 Å². The molecule has 0 radical (unpaired) electrons. The maximum absolute atomic E-state index is 14.6. The normalized spacial score (nSPS) is 19.3. The highest BCUT2D eigenvalue weighted by atomic mass is 19.1. The summed E-state index contributed by atoms with van der Waals surface area (Å²) < 4.78 is 26.0. The first-order valence-electron chi connectivity index (χ1n) is 8.58. The average Bonchev–Trinajstić information content (AvgIpc) is 2.76. The predicted molar refractivity (Wildman–Crippen MR) is 102 cm³/mol. The third-order valence-electron chi connectivity index (χ3n) is 5.05. The highest BCUT2D eigenvalue weighted by Crippen LogP contribution is 2.39. The van der Waals surface area contributed by atoms with Gasteiger partial charge in [-0.25, -0.2) is 4.39 Å². The summed E-state index contributed by atoms with van der Waals surface area (Å²) >= 11 is 0. The van der Waals surface area contributed by atoms with Gasteiger partial charge in [0.2, 0.25) is 0 Å². The van der Waals surface area contributed by atoms with Crippen LogP contribution in [0.4, 0.5) is 4.39 Å². The fourth-order valence-electron chi connectivity index (χ4n) is 2.78. The summed E-state index contributed by atoms with van der Waals surface area (Å²) in [5.41, 5.74) is 2.76. The van der Waals surface area contributed by atoms with Crippen molar-refractivity contribution in [3.05, 3.63) is 65.4 Å². The molecule has 0 aliphatic carbocycles. The van der Waals surface area contributed by atoms with E-state index in [-0.39, 0.29) is 0 Å². The molecule has 130 valence electrons. The van der Waals surface area contributed by atoms with Crippen LogP contribution in [0, 0.1) is 6.92 Å². The number of aryl methyl sites for hydroxylation is 1.